The largest absolute Gasteiger partial charge is 0.478 e. The van der Waals surface area contributed by atoms with Crippen molar-refractivity contribution in [2.45, 2.75) is 53.5 Å². The topological polar surface area (TPSA) is 49.3 Å². The molecule has 1 aliphatic rings. The monoisotopic (exact) mass is 531 g/mol. The molecule has 0 saturated carbocycles. The highest BCUT2D eigenvalue weighted by atomic mass is 79.9. The molecule has 0 saturated heterocycles. The Kier molecular flexibility index (Phi) is 8.74. The molecule has 182 valence electrons. The van der Waals surface area contributed by atoms with E-state index in [0.29, 0.717) is 5.70 Å². The lowest BCUT2D eigenvalue weighted by Gasteiger charge is -2.30. The summed E-state index contributed by atoms with van der Waals surface area (Å²) in [5, 5.41) is 13.0. The minimum absolute atomic E-state index is 0.0376. The van der Waals surface area contributed by atoms with Crippen LogP contribution in [-0.4, -0.2) is 11.1 Å². The molecular weight excluding hydrogens is 498 g/mol. The third-order valence-corrected chi connectivity index (χ3v) is 6.63. The number of aryl methyl sites for hydroxylation is 1. The van der Waals surface area contributed by atoms with Crippen molar-refractivity contribution in [3.63, 3.8) is 0 Å². The fourth-order valence-electron chi connectivity index (χ4n) is 4.63. The quantitative estimate of drug-likeness (QED) is 0.266. The predicted octanol–water partition coefficient (Wildman–Crippen LogP) is 8.29. The first-order valence-corrected chi connectivity index (χ1v) is 12.8. The third-order valence-electron chi connectivity index (χ3n) is 6.36. The summed E-state index contributed by atoms with van der Waals surface area (Å²) < 4.78 is 0.901. The summed E-state index contributed by atoms with van der Waals surface area (Å²) in [4.78, 5) is 11.7. The number of allylic oxidation sites excluding steroid dienone is 7. The van der Waals surface area contributed by atoms with Gasteiger partial charge in [0, 0.05) is 11.7 Å². The van der Waals surface area contributed by atoms with E-state index in [-0.39, 0.29) is 11.6 Å². The maximum atomic E-state index is 11.7. The molecule has 1 aliphatic carbocycles. The van der Waals surface area contributed by atoms with Gasteiger partial charge < -0.3 is 10.4 Å². The molecule has 0 aromatic heterocycles. The smallest absolute Gasteiger partial charge is 0.337 e. The minimum Gasteiger partial charge on any atom is -0.478 e. The van der Waals surface area contributed by atoms with E-state index in [1.807, 2.05) is 19.1 Å². The van der Waals surface area contributed by atoms with Gasteiger partial charge >= 0.3 is 5.97 Å². The van der Waals surface area contributed by atoms with Gasteiger partial charge in [0.25, 0.3) is 0 Å². The summed E-state index contributed by atoms with van der Waals surface area (Å²) in [6.07, 6.45) is 7.69. The molecule has 2 aromatic rings. The number of hydrogen-bond acceptors (Lipinski definition) is 2. The Morgan fingerprint density at radius 3 is 2.49 bits per heavy atom. The Morgan fingerprint density at radius 1 is 1.20 bits per heavy atom. The van der Waals surface area contributed by atoms with Gasteiger partial charge in [-0.3, -0.25) is 0 Å². The number of carboxylic acids is 1. The fourth-order valence-corrected chi connectivity index (χ4v) is 4.76. The molecule has 0 aliphatic heterocycles. The van der Waals surface area contributed by atoms with Gasteiger partial charge in [0.15, 0.2) is 0 Å². The number of carboxylic acid groups (broad SMARTS) is 1. The van der Waals surface area contributed by atoms with E-state index in [4.69, 9.17) is 0 Å². The highest BCUT2D eigenvalue weighted by Gasteiger charge is 2.26. The van der Waals surface area contributed by atoms with E-state index in [1.54, 1.807) is 6.08 Å². The minimum atomic E-state index is -1.04. The number of aliphatic carboxylic acids is 1. The van der Waals surface area contributed by atoms with Crippen LogP contribution in [0.2, 0.25) is 0 Å². The number of halogens is 1. The van der Waals surface area contributed by atoms with E-state index in [1.165, 1.54) is 44.5 Å². The summed E-state index contributed by atoms with van der Waals surface area (Å²) >= 11 is 3.42. The van der Waals surface area contributed by atoms with Crippen LogP contribution in [0.4, 0.5) is 0 Å². The molecule has 2 aromatic carbocycles. The summed E-state index contributed by atoms with van der Waals surface area (Å²) in [6, 6.07) is 15.0. The van der Waals surface area contributed by atoms with Crippen LogP contribution in [0.5, 0.6) is 0 Å². The van der Waals surface area contributed by atoms with Gasteiger partial charge in [-0.05, 0) is 90.1 Å². The van der Waals surface area contributed by atoms with Crippen LogP contribution in [0.15, 0.2) is 88.6 Å². The molecule has 2 N–H and O–H groups in total. The van der Waals surface area contributed by atoms with Crippen molar-refractivity contribution < 1.29 is 9.90 Å². The van der Waals surface area contributed by atoms with Crippen molar-refractivity contribution in [2.75, 3.05) is 0 Å². The first kappa shape index (κ1) is 26.5. The van der Waals surface area contributed by atoms with Crippen LogP contribution < -0.4 is 5.32 Å². The van der Waals surface area contributed by atoms with E-state index < -0.39 is 5.97 Å². The van der Waals surface area contributed by atoms with Gasteiger partial charge in [-0.25, -0.2) is 4.79 Å². The molecular formula is C31H34BrNO2. The lowest BCUT2D eigenvalue weighted by atomic mass is 9.76. The molecule has 35 heavy (non-hydrogen) atoms. The Bertz CT molecular complexity index is 1260. The molecule has 0 fully saturated rings. The molecule has 0 amide bonds. The zero-order valence-corrected chi connectivity index (χ0v) is 22.8. The first-order valence-electron chi connectivity index (χ1n) is 12.0. The Labute approximate surface area is 217 Å². The van der Waals surface area contributed by atoms with Crippen molar-refractivity contribution in [3.8, 4) is 0 Å². The summed E-state index contributed by atoms with van der Waals surface area (Å²) in [5.74, 6) is -1.04. The van der Waals surface area contributed by atoms with Crippen molar-refractivity contribution in [3.05, 3.63) is 116 Å². The SMILES string of the molecule is C=C(C(=O)O)/C(=C\C=C(/C)Br)NC(C)c1cc(C)cc2c1CC(c1ccccc1)=C(C)/C2=C/CC. The lowest BCUT2D eigenvalue weighted by Crippen LogP contribution is -2.24. The van der Waals surface area contributed by atoms with Crippen LogP contribution in [-0.2, 0) is 11.2 Å². The Morgan fingerprint density at radius 2 is 1.89 bits per heavy atom. The highest BCUT2D eigenvalue weighted by Crippen LogP contribution is 2.42. The van der Waals surface area contributed by atoms with Crippen LogP contribution in [0, 0.1) is 6.92 Å². The number of rotatable bonds is 8. The van der Waals surface area contributed by atoms with E-state index in [0.717, 1.165) is 17.3 Å². The van der Waals surface area contributed by atoms with Crippen LogP contribution in [0.3, 0.4) is 0 Å². The van der Waals surface area contributed by atoms with E-state index in [9.17, 15) is 9.90 Å². The molecule has 3 rings (SSSR count). The molecule has 3 nitrogen and oxygen atoms in total. The average molecular weight is 533 g/mol. The molecule has 0 heterocycles. The fraction of sp³-hybridized carbons (Fsp3) is 0.258. The average Bonchev–Trinajstić information content (AvgIpc) is 2.82. The summed E-state index contributed by atoms with van der Waals surface area (Å²) in [6.45, 7) is 14.3. The van der Waals surface area contributed by atoms with E-state index in [2.05, 4.69) is 98.0 Å². The van der Waals surface area contributed by atoms with Crippen molar-refractivity contribution >= 4 is 33.0 Å². The standard InChI is InChI=1S/C31H34BrNO2/c1-7-11-25-21(4)26(24-12-9-8-10-13-24)18-29-27(16-19(2)17-28(25)29)23(6)33-30(15-14-20(3)32)22(5)31(34)35/h8-17,23,33H,5,7,18H2,1-4,6H3,(H,34,35)/b20-14+,25-11-,30-15+. The van der Waals surface area contributed by atoms with Crippen molar-refractivity contribution in [2.24, 2.45) is 0 Å². The van der Waals surface area contributed by atoms with Gasteiger partial charge in [0.05, 0.1) is 5.57 Å². The van der Waals surface area contributed by atoms with E-state index >= 15 is 0 Å². The second-order valence-corrected chi connectivity index (χ2v) is 10.3. The number of fused-ring (bicyclic) bond motifs is 1. The molecule has 1 atom stereocenters. The third kappa shape index (κ3) is 6.12. The number of hydrogen-bond donors (Lipinski definition) is 2. The molecule has 4 heteroatoms. The molecule has 0 radical (unpaired) electrons. The van der Waals surface area contributed by atoms with Gasteiger partial charge in [0.2, 0.25) is 0 Å². The molecule has 0 spiro atoms. The number of carbonyl (C=O) groups is 1. The normalized spacial score (nSPS) is 16.2. The first-order chi connectivity index (χ1) is 16.6. The van der Waals surface area contributed by atoms with Crippen LogP contribution >= 0.6 is 15.9 Å². The van der Waals surface area contributed by atoms with Crippen LogP contribution in [0.1, 0.15) is 68.0 Å². The summed E-state index contributed by atoms with van der Waals surface area (Å²) in [7, 11) is 0. The van der Waals surface area contributed by atoms with Crippen molar-refractivity contribution in [1.29, 1.82) is 0 Å². The number of benzene rings is 2. The van der Waals surface area contributed by atoms with Gasteiger partial charge in [-0.2, -0.15) is 0 Å². The van der Waals surface area contributed by atoms with Crippen LogP contribution in [0.25, 0.3) is 11.1 Å². The van der Waals surface area contributed by atoms with Crippen molar-refractivity contribution in [1.82, 2.24) is 5.32 Å². The highest BCUT2D eigenvalue weighted by molar-refractivity contribution is 9.11. The second kappa shape index (κ2) is 11.5. The lowest BCUT2D eigenvalue weighted by molar-refractivity contribution is -0.132. The van der Waals surface area contributed by atoms with Gasteiger partial charge in [0.1, 0.15) is 0 Å². The second-order valence-electron chi connectivity index (χ2n) is 9.04. The zero-order chi connectivity index (χ0) is 25.7. The predicted molar refractivity (Wildman–Crippen MR) is 151 cm³/mol. The van der Waals surface area contributed by atoms with Gasteiger partial charge in [-0.1, -0.05) is 89.6 Å². The maximum absolute atomic E-state index is 11.7. The Hall–Kier alpha value is -3.11. The zero-order valence-electron chi connectivity index (χ0n) is 21.2. The maximum Gasteiger partial charge on any atom is 0.337 e. The molecule has 1 unspecified atom stereocenters. The summed E-state index contributed by atoms with van der Waals surface area (Å²) in [5.41, 5.74) is 10.6. The Balaban J connectivity index is 2.13. The number of nitrogens with one attached hydrogen (secondary N) is 1. The molecule has 0 bridgehead atoms. The van der Waals surface area contributed by atoms with Gasteiger partial charge in [-0.15, -0.1) is 0 Å².